The van der Waals surface area contributed by atoms with E-state index in [1.54, 1.807) is 30.3 Å². The molecule has 162 valence electrons. The van der Waals surface area contributed by atoms with Gasteiger partial charge in [-0.15, -0.1) is 0 Å². The Balaban J connectivity index is 1.57. The second kappa shape index (κ2) is 10.0. The zero-order chi connectivity index (χ0) is 23.1. The largest absolute Gasteiger partial charge is 0.465 e. The van der Waals surface area contributed by atoms with Gasteiger partial charge in [0.1, 0.15) is 0 Å². The van der Waals surface area contributed by atoms with E-state index in [4.69, 9.17) is 0 Å². The van der Waals surface area contributed by atoms with Crippen LogP contribution < -0.4 is 16.2 Å². The van der Waals surface area contributed by atoms with Gasteiger partial charge in [-0.2, -0.15) is 0 Å². The summed E-state index contributed by atoms with van der Waals surface area (Å²) in [5.41, 5.74) is 7.32. The van der Waals surface area contributed by atoms with Crippen LogP contribution in [0.5, 0.6) is 0 Å². The van der Waals surface area contributed by atoms with Crippen LogP contribution >= 0.6 is 0 Å². The number of aryl methyl sites for hydroxylation is 1. The fourth-order valence-electron chi connectivity index (χ4n) is 2.86. The Morgan fingerprint density at radius 2 is 1.22 bits per heavy atom. The molecule has 0 saturated heterocycles. The quantitative estimate of drug-likeness (QED) is 0.424. The van der Waals surface area contributed by atoms with Gasteiger partial charge in [-0.1, -0.05) is 23.8 Å². The van der Waals surface area contributed by atoms with Gasteiger partial charge in [0.05, 0.1) is 12.7 Å². The van der Waals surface area contributed by atoms with E-state index in [9.17, 15) is 19.2 Å². The van der Waals surface area contributed by atoms with Crippen molar-refractivity contribution in [2.45, 2.75) is 6.92 Å². The number of anilines is 1. The Morgan fingerprint density at radius 1 is 0.656 bits per heavy atom. The summed E-state index contributed by atoms with van der Waals surface area (Å²) in [7, 11) is 1.24. The minimum atomic E-state index is -0.592. The number of hydrogen-bond donors (Lipinski definition) is 3. The molecule has 32 heavy (non-hydrogen) atoms. The molecule has 3 rings (SSSR count). The predicted octanol–water partition coefficient (Wildman–Crippen LogP) is 3.11. The van der Waals surface area contributed by atoms with E-state index in [2.05, 4.69) is 20.9 Å². The van der Waals surface area contributed by atoms with Crippen LogP contribution in [0.25, 0.3) is 0 Å². The van der Waals surface area contributed by atoms with E-state index in [0.29, 0.717) is 11.3 Å². The van der Waals surface area contributed by atoms with E-state index in [1.807, 2.05) is 13.0 Å². The van der Waals surface area contributed by atoms with Crippen molar-refractivity contribution in [1.82, 2.24) is 10.9 Å². The third-order valence-electron chi connectivity index (χ3n) is 4.52. The van der Waals surface area contributed by atoms with Gasteiger partial charge in [0.2, 0.25) is 0 Å². The van der Waals surface area contributed by atoms with E-state index in [0.717, 1.165) is 5.56 Å². The summed E-state index contributed by atoms with van der Waals surface area (Å²) < 4.78 is 4.62. The van der Waals surface area contributed by atoms with Crippen LogP contribution in [-0.2, 0) is 4.74 Å². The van der Waals surface area contributed by atoms with Crippen LogP contribution in [0.3, 0.4) is 0 Å². The van der Waals surface area contributed by atoms with Crippen LogP contribution in [0.15, 0.2) is 72.8 Å². The fraction of sp³-hybridized carbons (Fsp3) is 0.0833. The molecule has 0 spiro atoms. The molecule has 0 atom stereocenters. The Kier molecular flexibility index (Phi) is 6.97. The number of amides is 3. The molecule has 0 unspecified atom stereocenters. The van der Waals surface area contributed by atoms with Crippen molar-refractivity contribution in [2.75, 3.05) is 12.4 Å². The van der Waals surface area contributed by atoms with Crippen molar-refractivity contribution >= 4 is 29.4 Å². The number of carbonyl (C=O) groups excluding carboxylic acids is 4. The molecule has 8 nitrogen and oxygen atoms in total. The monoisotopic (exact) mass is 431 g/mol. The summed E-state index contributed by atoms with van der Waals surface area (Å²) in [6.45, 7) is 1.90. The molecule has 0 heterocycles. The third-order valence-corrected chi connectivity index (χ3v) is 4.52. The summed E-state index contributed by atoms with van der Waals surface area (Å²) in [6.07, 6.45) is 0. The van der Waals surface area contributed by atoms with Crippen molar-refractivity contribution in [3.05, 3.63) is 101 Å². The Bertz CT molecular complexity index is 1170. The summed E-state index contributed by atoms with van der Waals surface area (Å²) in [6, 6.07) is 19.3. The number of esters is 1. The number of methoxy groups -OCH3 is 1. The number of carbonyl (C=O) groups is 4. The maximum Gasteiger partial charge on any atom is 0.337 e. The lowest BCUT2D eigenvalue weighted by atomic mass is 10.1. The minimum Gasteiger partial charge on any atom is -0.465 e. The van der Waals surface area contributed by atoms with Gasteiger partial charge >= 0.3 is 5.97 Å². The molecule has 0 aromatic heterocycles. The number of nitrogens with one attached hydrogen (secondary N) is 3. The standard InChI is InChI=1S/C24H21N3O5/c1-15-5-3-6-17(13-15)21(28)25-20-11-9-16(10-12-20)22(29)26-27-23(30)18-7-4-8-19(14-18)24(31)32-2/h3-14H,1-2H3,(H,25,28)(H,26,29)(H,27,30). The maximum atomic E-state index is 12.3. The lowest BCUT2D eigenvalue weighted by molar-refractivity contribution is 0.0600. The minimum absolute atomic E-state index is 0.183. The number of benzene rings is 3. The zero-order valence-corrected chi connectivity index (χ0v) is 17.5. The van der Waals surface area contributed by atoms with Crippen molar-refractivity contribution in [3.63, 3.8) is 0 Å². The fourth-order valence-corrected chi connectivity index (χ4v) is 2.86. The summed E-state index contributed by atoms with van der Waals surface area (Å²) in [4.78, 5) is 48.5. The van der Waals surface area contributed by atoms with Crippen LogP contribution in [0.2, 0.25) is 0 Å². The van der Waals surface area contributed by atoms with Crippen molar-refractivity contribution in [1.29, 1.82) is 0 Å². The molecule has 0 saturated carbocycles. The molecule has 0 aliphatic heterocycles. The smallest absolute Gasteiger partial charge is 0.337 e. The van der Waals surface area contributed by atoms with Crippen molar-refractivity contribution < 1.29 is 23.9 Å². The molecule has 0 radical (unpaired) electrons. The summed E-state index contributed by atoms with van der Waals surface area (Å²) in [5, 5.41) is 2.76. The van der Waals surface area contributed by atoms with Gasteiger partial charge in [-0.3, -0.25) is 25.2 Å². The SMILES string of the molecule is COC(=O)c1cccc(C(=O)NNC(=O)c2ccc(NC(=O)c3cccc(C)c3)cc2)c1. The normalized spacial score (nSPS) is 10.1. The Hall–Kier alpha value is -4.46. The zero-order valence-electron chi connectivity index (χ0n) is 17.5. The molecule has 3 N–H and O–H groups in total. The molecule has 3 aromatic rings. The number of ether oxygens (including phenoxy) is 1. The third kappa shape index (κ3) is 5.57. The highest BCUT2D eigenvalue weighted by molar-refractivity contribution is 6.05. The molecule has 8 heteroatoms. The number of hydrogen-bond acceptors (Lipinski definition) is 5. The molecule has 0 bridgehead atoms. The summed E-state index contributed by atoms with van der Waals surface area (Å²) >= 11 is 0. The Labute approximate surface area is 184 Å². The van der Waals surface area contributed by atoms with Crippen molar-refractivity contribution in [2.24, 2.45) is 0 Å². The van der Waals surface area contributed by atoms with Crippen LogP contribution in [0.4, 0.5) is 5.69 Å². The number of rotatable bonds is 5. The van der Waals surface area contributed by atoms with Gasteiger partial charge in [-0.25, -0.2) is 4.79 Å². The van der Waals surface area contributed by atoms with E-state index in [1.165, 1.54) is 43.5 Å². The highest BCUT2D eigenvalue weighted by atomic mass is 16.5. The first-order valence-electron chi connectivity index (χ1n) is 9.64. The molecular formula is C24H21N3O5. The van der Waals surface area contributed by atoms with Crippen molar-refractivity contribution in [3.8, 4) is 0 Å². The predicted molar refractivity (Wildman–Crippen MR) is 118 cm³/mol. The average molecular weight is 431 g/mol. The highest BCUT2D eigenvalue weighted by Gasteiger charge is 2.13. The Morgan fingerprint density at radius 3 is 1.84 bits per heavy atom. The van der Waals surface area contributed by atoms with Gasteiger partial charge in [0.15, 0.2) is 0 Å². The lowest BCUT2D eigenvalue weighted by Gasteiger charge is -2.09. The van der Waals surface area contributed by atoms with Gasteiger partial charge in [0.25, 0.3) is 17.7 Å². The first kappa shape index (κ1) is 22.2. The first-order valence-corrected chi connectivity index (χ1v) is 9.64. The van der Waals surface area contributed by atoms with Crippen LogP contribution in [0, 0.1) is 6.92 Å². The molecule has 0 aliphatic rings. The van der Waals surface area contributed by atoms with E-state index in [-0.39, 0.29) is 22.6 Å². The summed E-state index contributed by atoms with van der Waals surface area (Å²) in [5.74, 6) is -1.96. The van der Waals surface area contributed by atoms with E-state index < -0.39 is 17.8 Å². The van der Waals surface area contributed by atoms with E-state index >= 15 is 0 Å². The first-order chi connectivity index (χ1) is 15.4. The second-order valence-corrected chi connectivity index (χ2v) is 6.88. The number of hydrazine groups is 1. The maximum absolute atomic E-state index is 12.3. The topological polar surface area (TPSA) is 114 Å². The second-order valence-electron chi connectivity index (χ2n) is 6.88. The average Bonchev–Trinajstić information content (AvgIpc) is 2.82. The molecule has 0 aliphatic carbocycles. The molecule has 3 aromatic carbocycles. The molecule has 3 amide bonds. The molecule has 0 fully saturated rings. The van der Waals surface area contributed by atoms with Crippen LogP contribution in [0.1, 0.15) is 47.0 Å². The molecular weight excluding hydrogens is 410 g/mol. The van der Waals surface area contributed by atoms with Gasteiger partial charge < -0.3 is 10.1 Å². The van der Waals surface area contributed by atoms with Gasteiger partial charge in [0, 0.05) is 22.4 Å². The lowest BCUT2D eigenvalue weighted by Crippen LogP contribution is -2.41. The highest BCUT2D eigenvalue weighted by Crippen LogP contribution is 2.12. The van der Waals surface area contributed by atoms with Gasteiger partial charge in [-0.05, 0) is 61.5 Å². The van der Waals surface area contributed by atoms with Crippen LogP contribution in [-0.4, -0.2) is 30.8 Å².